The number of para-hydroxylation sites is 1. The van der Waals surface area contributed by atoms with E-state index in [2.05, 4.69) is 15.5 Å². The highest BCUT2D eigenvalue weighted by molar-refractivity contribution is 6.00. The van der Waals surface area contributed by atoms with Crippen LogP contribution >= 0.6 is 0 Å². The van der Waals surface area contributed by atoms with Gasteiger partial charge in [0.15, 0.2) is 0 Å². The molecular weight excluding hydrogens is 331 g/mol. The number of benzene rings is 2. The number of halogens is 3. The number of anilines is 3. The molecule has 1 saturated heterocycles. The second-order valence-electron chi connectivity index (χ2n) is 5.86. The van der Waals surface area contributed by atoms with Gasteiger partial charge in [-0.3, -0.25) is 0 Å². The number of hydrogen-bond acceptors (Lipinski definition) is 2. The van der Waals surface area contributed by atoms with Gasteiger partial charge < -0.3 is 15.5 Å². The second-order valence-corrected chi connectivity index (χ2v) is 5.86. The molecule has 2 amide bonds. The van der Waals surface area contributed by atoms with E-state index in [-0.39, 0.29) is 5.69 Å². The first kappa shape index (κ1) is 17.1. The zero-order valence-electron chi connectivity index (χ0n) is 13.4. The van der Waals surface area contributed by atoms with Crippen molar-refractivity contribution in [1.82, 2.24) is 0 Å². The molecule has 2 N–H and O–H groups in total. The highest BCUT2D eigenvalue weighted by Crippen LogP contribution is 2.34. The summed E-state index contributed by atoms with van der Waals surface area (Å²) in [6.07, 6.45) is -2.19. The van der Waals surface area contributed by atoms with E-state index in [4.69, 9.17) is 0 Å². The molecule has 0 saturated carbocycles. The van der Waals surface area contributed by atoms with Crippen LogP contribution in [-0.2, 0) is 6.18 Å². The van der Waals surface area contributed by atoms with E-state index in [1.54, 1.807) is 12.1 Å². The number of nitrogens with zero attached hydrogens (tertiary/aromatic N) is 1. The number of hydrogen-bond donors (Lipinski definition) is 2. The first-order valence-electron chi connectivity index (χ1n) is 8.03. The van der Waals surface area contributed by atoms with E-state index in [9.17, 15) is 18.0 Å². The van der Waals surface area contributed by atoms with Crippen LogP contribution in [0.25, 0.3) is 0 Å². The molecule has 1 aliphatic heterocycles. The van der Waals surface area contributed by atoms with Crippen molar-refractivity contribution in [2.75, 3.05) is 28.6 Å². The van der Waals surface area contributed by atoms with Crippen LogP contribution in [0.1, 0.15) is 18.4 Å². The third kappa shape index (κ3) is 4.23. The summed E-state index contributed by atoms with van der Waals surface area (Å²) in [6, 6.07) is 11.4. The van der Waals surface area contributed by atoms with Gasteiger partial charge in [-0.25, -0.2) is 4.79 Å². The van der Waals surface area contributed by atoms with Gasteiger partial charge in [0.1, 0.15) is 0 Å². The maximum Gasteiger partial charge on any atom is 0.418 e. The Bertz CT molecular complexity index is 738. The molecule has 0 spiro atoms. The van der Waals surface area contributed by atoms with Crippen molar-refractivity contribution in [3.8, 4) is 0 Å². The summed E-state index contributed by atoms with van der Waals surface area (Å²) in [5.74, 6) is 0. The molecule has 2 aromatic carbocycles. The summed E-state index contributed by atoms with van der Waals surface area (Å²) in [5.41, 5.74) is 0.437. The lowest BCUT2D eigenvalue weighted by Crippen LogP contribution is -2.22. The number of rotatable bonds is 3. The molecule has 7 heteroatoms. The van der Waals surface area contributed by atoms with Crippen molar-refractivity contribution < 1.29 is 18.0 Å². The van der Waals surface area contributed by atoms with Gasteiger partial charge in [0, 0.05) is 24.5 Å². The Morgan fingerprint density at radius 3 is 2.20 bits per heavy atom. The maximum absolute atomic E-state index is 12.9. The quantitative estimate of drug-likeness (QED) is 0.823. The Morgan fingerprint density at radius 2 is 1.56 bits per heavy atom. The van der Waals surface area contributed by atoms with Crippen molar-refractivity contribution in [3.63, 3.8) is 0 Å². The third-order valence-corrected chi connectivity index (χ3v) is 4.08. The fraction of sp³-hybridized carbons (Fsp3) is 0.278. The summed E-state index contributed by atoms with van der Waals surface area (Å²) in [5, 5.41) is 4.81. The van der Waals surface area contributed by atoms with Crippen molar-refractivity contribution in [2.45, 2.75) is 19.0 Å². The minimum atomic E-state index is -4.53. The van der Waals surface area contributed by atoms with E-state index >= 15 is 0 Å². The number of carbonyl (C=O) groups excluding carboxylic acids is 1. The highest BCUT2D eigenvalue weighted by Gasteiger charge is 2.33. The zero-order valence-corrected chi connectivity index (χ0v) is 13.4. The van der Waals surface area contributed by atoms with Gasteiger partial charge in [-0.1, -0.05) is 12.1 Å². The molecule has 0 aromatic heterocycles. The molecule has 2 aromatic rings. The Labute approximate surface area is 143 Å². The molecule has 1 fully saturated rings. The Hall–Kier alpha value is -2.70. The monoisotopic (exact) mass is 349 g/mol. The molecule has 0 unspecified atom stereocenters. The van der Waals surface area contributed by atoms with E-state index in [0.717, 1.165) is 24.8 Å². The summed E-state index contributed by atoms with van der Waals surface area (Å²) in [6.45, 7) is 2.03. The fourth-order valence-corrected chi connectivity index (χ4v) is 2.85. The second kappa shape index (κ2) is 7.04. The van der Waals surface area contributed by atoms with Crippen LogP contribution in [0.4, 0.5) is 35.0 Å². The lowest BCUT2D eigenvalue weighted by molar-refractivity contribution is -0.136. The molecule has 0 radical (unpaired) electrons. The predicted molar refractivity (Wildman–Crippen MR) is 92.0 cm³/mol. The smallest absolute Gasteiger partial charge is 0.372 e. The predicted octanol–water partition coefficient (Wildman–Crippen LogP) is 4.95. The van der Waals surface area contributed by atoms with Gasteiger partial charge in [0.2, 0.25) is 0 Å². The first-order chi connectivity index (χ1) is 11.9. The lowest BCUT2D eigenvalue weighted by atomic mass is 10.1. The minimum Gasteiger partial charge on any atom is -0.372 e. The van der Waals surface area contributed by atoms with Crippen LogP contribution < -0.4 is 15.5 Å². The van der Waals surface area contributed by atoms with Crippen LogP contribution in [-0.4, -0.2) is 19.1 Å². The highest BCUT2D eigenvalue weighted by atomic mass is 19.4. The van der Waals surface area contributed by atoms with Crippen molar-refractivity contribution >= 4 is 23.1 Å². The number of carbonyl (C=O) groups is 1. The van der Waals surface area contributed by atoms with Crippen molar-refractivity contribution in [3.05, 3.63) is 54.1 Å². The summed E-state index contributed by atoms with van der Waals surface area (Å²) < 4.78 is 38.8. The Balaban J connectivity index is 1.65. The molecular formula is C18H18F3N3O. The number of nitrogens with one attached hydrogen (secondary N) is 2. The largest absolute Gasteiger partial charge is 0.418 e. The van der Waals surface area contributed by atoms with Crippen LogP contribution in [0.5, 0.6) is 0 Å². The molecule has 4 nitrogen and oxygen atoms in total. The van der Waals surface area contributed by atoms with Crippen LogP contribution in [0.15, 0.2) is 48.5 Å². The average molecular weight is 349 g/mol. The van der Waals surface area contributed by atoms with Gasteiger partial charge >= 0.3 is 12.2 Å². The topological polar surface area (TPSA) is 44.4 Å². The average Bonchev–Trinajstić information content (AvgIpc) is 3.09. The molecule has 0 aliphatic carbocycles. The van der Waals surface area contributed by atoms with Gasteiger partial charge in [-0.15, -0.1) is 0 Å². The lowest BCUT2D eigenvalue weighted by Gasteiger charge is -2.18. The van der Waals surface area contributed by atoms with Crippen molar-refractivity contribution in [2.24, 2.45) is 0 Å². The molecule has 1 aliphatic rings. The molecule has 0 atom stereocenters. The van der Waals surface area contributed by atoms with E-state index in [1.807, 2.05) is 12.1 Å². The Morgan fingerprint density at radius 1 is 0.920 bits per heavy atom. The zero-order chi connectivity index (χ0) is 17.9. The molecule has 132 valence electrons. The Kier molecular flexibility index (Phi) is 4.83. The summed E-state index contributed by atoms with van der Waals surface area (Å²) >= 11 is 0. The SMILES string of the molecule is O=C(Nc1ccc(N2CCCC2)cc1)Nc1ccccc1C(F)(F)F. The molecule has 0 bridgehead atoms. The molecule has 3 rings (SSSR count). The molecule has 25 heavy (non-hydrogen) atoms. The fourth-order valence-electron chi connectivity index (χ4n) is 2.85. The van der Waals surface area contributed by atoms with Gasteiger partial charge in [-0.05, 0) is 49.2 Å². The van der Waals surface area contributed by atoms with Crippen molar-refractivity contribution in [1.29, 1.82) is 0 Å². The van der Waals surface area contributed by atoms with E-state index < -0.39 is 17.8 Å². The maximum atomic E-state index is 12.9. The number of amides is 2. The van der Waals surface area contributed by atoms with Crippen LogP contribution in [0.2, 0.25) is 0 Å². The normalized spacial score (nSPS) is 14.4. The first-order valence-corrected chi connectivity index (χ1v) is 8.03. The van der Waals surface area contributed by atoms with E-state index in [0.29, 0.717) is 5.69 Å². The number of urea groups is 1. The summed E-state index contributed by atoms with van der Waals surface area (Å²) in [7, 11) is 0. The number of alkyl halides is 3. The summed E-state index contributed by atoms with van der Waals surface area (Å²) in [4.78, 5) is 14.3. The minimum absolute atomic E-state index is 0.277. The van der Waals surface area contributed by atoms with Crippen LogP contribution in [0.3, 0.4) is 0 Å². The van der Waals surface area contributed by atoms with Gasteiger partial charge in [-0.2, -0.15) is 13.2 Å². The third-order valence-electron chi connectivity index (χ3n) is 4.08. The molecule has 1 heterocycles. The standard InChI is InChI=1S/C18H18F3N3O/c19-18(20,21)15-5-1-2-6-16(15)23-17(25)22-13-7-9-14(10-8-13)24-11-3-4-12-24/h1-2,5-10H,3-4,11-12H2,(H2,22,23,25). The van der Waals surface area contributed by atoms with Gasteiger partial charge in [0.25, 0.3) is 0 Å². The van der Waals surface area contributed by atoms with Gasteiger partial charge in [0.05, 0.1) is 11.3 Å². The van der Waals surface area contributed by atoms with Crippen LogP contribution in [0, 0.1) is 0 Å². The van der Waals surface area contributed by atoms with E-state index in [1.165, 1.54) is 31.0 Å².